The van der Waals surface area contributed by atoms with Crippen LogP contribution in [0.1, 0.15) is 5.56 Å². The Morgan fingerprint density at radius 2 is 2.38 bits per heavy atom. The lowest BCUT2D eigenvalue weighted by atomic mass is 10.1. The minimum atomic E-state index is 0.519. The van der Waals surface area contributed by atoms with Gasteiger partial charge >= 0.3 is 0 Å². The summed E-state index contributed by atoms with van der Waals surface area (Å²) in [7, 11) is 1.63. The number of halogens is 1. The predicted molar refractivity (Wildman–Crippen MR) is 51.3 cm³/mol. The zero-order chi connectivity index (χ0) is 9.26. The second kappa shape index (κ2) is 3.44. The third kappa shape index (κ3) is 1.57. The number of nitrogens with one attached hydrogen (secondary N) is 1. The van der Waals surface area contributed by atoms with Crippen molar-refractivity contribution in [1.82, 2.24) is 0 Å². The van der Waals surface area contributed by atoms with Gasteiger partial charge < -0.3 is 14.8 Å². The van der Waals surface area contributed by atoms with Crippen molar-refractivity contribution in [3.05, 3.63) is 22.7 Å². The summed E-state index contributed by atoms with van der Waals surface area (Å²) >= 11 is 5.90. The van der Waals surface area contributed by atoms with Gasteiger partial charge in [-0.15, -0.1) is 0 Å². The number of anilines is 1. The van der Waals surface area contributed by atoms with E-state index in [1.807, 2.05) is 6.07 Å². The molecule has 2 rings (SSSR count). The van der Waals surface area contributed by atoms with Crippen LogP contribution >= 0.6 is 11.6 Å². The van der Waals surface area contributed by atoms with E-state index in [0.717, 1.165) is 17.0 Å². The van der Waals surface area contributed by atoms with Crippen LogP contribution in [0.4, 0.5) is 5.69 Å². The maximum atomic E-state index is 5.90. The molecule has 70 valence electrons. The summed E-state index contributed by atoms with van der Waals surface area (Å²) in [4.78, 5) is 0. The van der Waals surface area contributed by atoms with Crippen LogP contribution in [-0.2, 0) is 11.3 Å². The molecule has 0 aliphatic carbocycles. The summed E-state index contributed by atoms with van der Waals surface area (Å²) in [6.07, 6.45) is 0. The minimum Gasteiger partial charge on any atom is -0.495 e. The molecule has 0 amide bonds. The first-order chi connectivity index (χ1) is 6.31. The summed E-state index contributed by atoms with van der Waals surface area (Å²) in [5.41, 5.74) is 2.02. The third-order valence-corrected chi connectivity index (χ3v) is 2.20. The van der Waals surface area contributed by atoms with E-state index in [-0.39, 0.29) is 0 Å². The van der Waals surface area contributed by atoms with Crippen LogP contribution in [0.15, 0.2) is 12.1 Å². The van der Waals surface area contributed by atoms with Gasteiger partial charge in [-0.2, -0.15) is 0 Å². The third-order valence-electron chi connectivity index (χ3n) is 1.98. The fourth-order valence-electron chi connectivity index (χ4n) is 1.40. The standard InChI is InChI=1S/C9H10ClNO2/c1-12-8-3-7(10)2-6-4-13-5-11-9(6)8/h2-3,11H,4-5H2,1H3. The first-order valence-electron chi connectivity index (χ1n) is 3.99. The van der Waals surface area contributed by atoms with Gasteiger partial charge in [0.25, 0.3) is 0 Å². The normalized spacial score (nSPS) is 14.6. The van der Waals surface area contributed by atoms with Crippen LogP contribution in [-0.4, -0.2) is 13.8 Å². The Hall–Kier alpha value is -0.930. The number of benzene rings is 1. The summed E-state index contributed by atoms with van der Waals surface area (Å²) < 4.78 is 10.4. The zero-order valence-electron chi connectivity index (χ0n) is 7.26. The van der Waals surface area contributed by atoms with Crippen LogP contribution in [0.25, 0.3) is 0 Å². The highest BCUT2D eigenvalue weighted by molar-refractivity contribution is 6.31. The van der Waals surface area contributed by atoms with Gasteiger partial charge in [0.1, 0.15) is 12.5 Å². The molecule has 0 radical (unpaired) electrons. The first-order valence-corrected chi connectivity index (χ1v) is 4.37. The van der Waals surface area contributed by atoms with Gasteiger partial charge in [0.15, 0.2) is 0 Å². The number of ether oxygens (including phenoxy) is 2. The molecule has 13 heavy (non-hydrogen) atoms. The van der Waals surface area contributed by atoms with Gasteiger partial charge in [-0.25, -0.2) is 0 Å². The highest BCUT2D eigenvalue weighted by Gasteiger charge is 2.14. The molecule has 3 nitrogen and oxygen atoms in total. The Morgan fingerprint density at radius 3 is 3.15 bits per heavy atom. The van der Waals surface area contributed by atoms with Crippen LogP contribution in [0.5, 0.6) is 5.75 Å². The molecule has 1 heterocycles. The molecular weight excluding hydrogens is 190 g/mol. The van der Waals surface area contributed by atoms with Gasteiger partial charge in [0, 0.05) is 16.7 Å². The molecule has 0 saturated carbocycles. The van der Waals surface area contributed by atoms with Crippen LogP contribution in [0.2, 0.25) is 5.02 Å². The molecule has 0 aromatic heterocycles. The zero-order valence-corrected chi connectivity index (χ0v) is 8.02. The van der Waals surface area contributed by atoms with E-state index >= 15 is 0 Å². The molecule has 1 aromatic carbocycles. The van der Waals surface area contributed by atoms with Crippen molar-refractivity contribution in [3.63, 3.8) is 0 Å². The van der Waals surface area contributed by atoms with Gasteiger partial charge in [0.2, 0.25) is 0 Å². The lowest BCUT2D eigenvalue weighted by molar-refractivity contribution is 0.130. The maximum Gasteiger partial charge on any atom is 0.143 e. The quantitative estimate of drug-likeness (QED) is 0.753. The van der Waals surface area contributed by atoms with Crippen molar-refractivity contribution in [2.45, 2.75) is 6.61 Å². The molecule has 0 unspecified atom stereocenters. The SMILES string of the molecule is COc1cc(Cl)cc2c1NCOC2. The van der Waals surface area contributed by atoms with Crippen molar-refractivity contribution in [1.29, 1.82) is 0 Å². The number of fused-ring (bicyclic) bond motifs is 1. The summed E-state index contributed by atoms with van der Waals surface area (Å²) in [6, 6.07) is 3.67. The van der Waals surface area contributed by atoms with E-state index in [9.17, 15) is 0 Å². The molecule has 4 heteroatoms. The molecule has 0 spiro atoms. The van der Waals surface area contributed by atoms with Gasteiger partial charge in [-0.05, 0) is 6.07 Å². The number of hydrogen-bond acceptors (Lipinski definition) is 3. The predicted octanol–water partition coefficient (Wildman–Crippen LogP) is 2.25. The van der Waals surface area contributed by atoms with Gasteiger partial charge in [-0.3, -0.25) is 0 Å². The Morgan fingerprint density at radius 1 is 1.54 bits per heavy atom. The van der Waals surface area contributed by atoms with Crippen molar-refractivity contribution in [2.24, 2.45) is 0 Å². The van der Waals surface area contributed by atoms with Gasteiger partial charge in [-0.1, -0.05) is 11.6 Å². The number of hydrogen-bond donors (Lipinski definition) is 1. The van der Waals surface area contributed by atoms with Crippen LogP contribution < -0.4 is 10.1 Å². The summed E-state index contributed by atoms with van der Waals surface area (Å²) in [5.74, 6) is 0.769. The lowest BCUT2D eigenvalue weighted by Crippen LogP contribution is -2.15. The average Bonchev–Trinajstić information content (AvgIpc) is 2.16. The Bertz CT molecular complexity index is 310. The average molecular weight is 200 g/mol. The van der Waals surface area contributed by atoms with Crippen LogP contribution in [0.3, 0.4) is 0 Å². The molecule has 1 aliphatic heterocycles. The largest absolute Gasteiger partial charge is 0.495 e. The fourth-order valence-corrected chi connectivity index (χ4v) is 1.63. The molecule has 0 saturated heterocycles. The Kier molecular flexibility index (Phi) is 2.29. The molecule has 1 N–H and O–H groups in total. The van der Waals surface area contributed by atoms with Crippen LogP contribution in [0, 0.1) is 0 Å². The van der Waals surface area contributed by atoms with E-state index in [1.54, 1.807) is 13.2 Å². The minimum absolute atomic E-state index is 0.519. The van der Waals surface area contributed by atoms with Crippen molar-refractivity contribution in [3.8, 4) is 5.75 Å². The van der Waals surface area contributed by atoms with E-state index in [1.165, 1.54) is 0 Å². The van der Waals surface area contributed by atoms with Crippen molar-refractivity contribution < 1.29 is 9.47 Å². The number of methoxy groups -OCH3 is 1. The fraction of sp³-hybridized carbons (Fsp3) is 0.333. The monoisotopic (exact) mass is 199 g/mol. The summed E-state index contributed by atoms with van der Waals surface area (Å²) in [6.45, 7) is 1.10. The lowest BCUT2D eigenvalue weighted by Gasteiger charge is -2.21. The molecular formula is C9H10ClNO2. The Labute approximate surface area is 81.6 Å². The second-order valence-corrected chi connectivity index (χ2v) is 3.25. The van der Waals surface area contributed by atoms with Gasteiger partial charge in [0.05, 0.1) is 19.4 Å². The molecule has 0 bridgehead atoms. The number of rotatable bonds is 1. The summed E-state index contributed by atoms with van der Waals surface area (Å²) in [5, 5.41) is 3.77. The smallest absolute Gasteiger partial charge is 0.143 e. The maximum absolute atomic E-state index is 5.90. The van der Waals surface area contributed by atoms with Crippen molar-refractivity contribution in [2.75, 3.05) is 19.2 Å². The first kappa shape index (κ1) is 8.66. The van der Waals surface area contributed by atoms with E-state index in [4.69, 9.17) is 21.1 Å². The Balaban J connectivity index is 2.50. The highest BCUT2D eigenvalue weighted by Crippen LogP contribution is 2.34. The van der Waals surface area contributed by atoms with E-state index in [2.05, 4.69) is 5.32 Å². The molecule has 1 aromatic rings. The molecule has 0 fully saturated rings. The second-order valence-electron chi connectivity index (χ2n) is 2.81. The molecule has 0 atom stereocenters. The van der Waals surface area contributed by atoms with Crippen molar-refractivity contribution >= 4 is 17.3 Å². The molecule has 1 aliphatic rings. The van der Waals surface area contributed by atoms with E-state index < -0.39 is 0 Å². The highest BCUT2D eigenvalue weighted by atomic mass is 35.5. The van der Waals surface area contributed by atoms with E-state index in [0.29, 0.717) is 18.4 Å². The topological polar surface area (TPSA) is 30.5 Å².